The van der Waals surface area contributed by atoms with E-state index in [1.807, 2.05) is 25.1 Å². The van der Waals surface area contributed by atoms with Gasteiger partial charge >= 0.3 is 0 Å². The molecular formula is C15H21ClO2. The Bertz CT molecular complexity index is 411. The molecule has 3 heteroatoms. The first-order valence-corrected chi connectivity index (χ1v) is 6.86. The van der Waals surface area contributed by atoms with Crippen LogP contribution in [0.4, 0.5) is 0 Å². The Hall–Kier alpha value is -1.02. The molecular weight excluding hydrogens is 248 g/mol. The van der Waals surface area contributed by atoms with E-state index in [1.165, 1.54) is 0 Å². The van der Waals surface area contributed by atoms with Gasteiger partial charge in [-0.1, -0.05) is 26.8 Å². The molecule has 0 radical (unpaired) electrons. The van der Waals surface area contributed by atoms with Crippen LogP contribution in [0.5, 0.6) is 5.75 Å². The van der Waals surface area contributed by atoms with Crippen LogP contribution in [0.1, 0.15) is 56.0 Å². The van der Waals surface area contributed by atoms with Crippen LogP contribution in [0.15, 0.2) is 18.2 Å². The molecule has 0 aliphatic heterocycles. The molecule has 100 valence electrons. The second-order valence-corrected chi connectivity index (χ2v) is 5.39. The molecule has 0 aromatic heterocycles. The van der Waals surface area contributed by atoms with Crippen molar-refractivity contribution in [2.45, 2.75) is 45.4 Å². The SMILES string of the molecule is CCCOc1ccc(C(C)C)cc1C(=O)C(C)Cl. The van der Waals surface area contributed by atoms with Gasteiger partial charge in [0.25, 0.3) is 0 Å². The van der Waals surface area contributed by atoms with Crippen LogP contribution in [-0.4, -0.2) is 17.8 Å². The number of ether oxygens (including phenoxy) is 1. The summed E-state index contributed by atoms with van der Waals surface area (Å²) in [5.74, 6) is 0.937. The third-order valence-corrected chi connectivity index (χ3v) is 2.96. The summed E-state index contributed by atoms with van der Waals surface area (Å²) in [6, 6.07) is 5.78. The first kappa shape index (κ1) is 15.0. The Morgan fingerprint density at radius 3 is 2.50 bits per heavy atom. The third kappa shape index (κ3) is 3.74. The van der Waals surface area contributed by atoms with Crippen LogP contribution in [0.3, 0.4) is 0 Å². The molecule has 0 aliphatic carbocycles. The predicted octanol–water partition coefficient (Wildman–Crippen LogP) is 4.41. The largest absolute Gasteiger partial charge is 0.493 e. The summed E-state index contributed by atoms with van der Waals surface area (Å²) in [5, 5.41) is -0.531. The van der Waals surface area contributed by atoms with E-state index in [2.05, 4.69) is 13.8 Å². The predicted molar refractivity (Wildman–Crippen MR) is 76.0 cm³/mol. The van der Waals surface area contributed by atoms with Crippen molar-refractivity contribution in [1.29, 1.82) is 0 Å². The van der Waals surface area contributed by atoms with Gasteiger partial charge in [-0.3, -0.25) is 4.79 Å². The van der Waals surface area contributed by atoms with Crippen LogP contribution in [0, 0.1) is 0 Å². The van der Waals surface area contributed by atoms with E-state index >= 15 is 0 Å². The lowest BCUT2D eigenvalue weighted by Gasteiger charge is -2.14. The fraction of sp³-hybridized carbons (Fsp3) is 0.533. The van der Waals surface area contributed by atoms with E-state index in [1.54, 1.807) is 6.92 Å². The van der Waals surface area contributed by atoms with Crippen molar-refractivity contribution < 1.29 is 9.53 Å². The molecule has 1 aromatic carbocycles. The molecule has 0 saturated heterocycles. The molecule has 1 unspecified atom stereocenters. The number of carbonyl (C=O) groups excluding carboxylic acids is 1. The Labute approximate surface area is 114 Å². The van der Waals surface area contributed by atoms with Crippen LogP contribution in [0.2, 0.25) is 0 Å². The van der Waals surface area contributed by atoms with E-state index in [0.29, 0.717) is 23.8 Å². The lowest BCUT2D eigenvalue weighted by atomic mass is 9.97. The van der Waals surface area contributed by atoms with Crippen molar-refractivity contribution in [3.05, 3.63) is 29.3 Å². The molecule has 0 spiro atoms. The minimum absolute atomic E-state index is 0.0785. The summed E-state index contributed by atoms with van der Waals surface area (Å²) in [6.45, 7) is 8.53. The van der Waals surface area contributed by atoms with Crippen molar-refractivity contribution in [2.75, 3.05) is 6.61 Å². The molecule has 0 fully saturated rings. The maximum atomic E-state index is 12.1. The highest BCUT2D eigenvalue weighted by molar-refractivity contribution is 6.33. The minimum Gasteiger partial charge on any atom is -0.493 e. The molecule has 1 rings (SSSR count). The van der Waals surface area contributed by atoms with Gasteiger partial charge in [0.15, 0.2) is 5.78 Å². The number of halogens is 1. The van der Waals surface area contributed by atoms with E-state index in [0.717, 1.165) is 12.0 Å². The number of benzene rings is 1. The number of Topliss-reactive ketones (excluding diaryl/α,β-unsaturated/α-hetero) is 1. The van der Waals surface area contributed by atoms with Crippen molar-refractivity contribution in [3.8, 4) is 5.75 Å². The van der Waals surface area contributed by atoms with Gasteiger partial charge in [-0.15, -0.1) is 11.6 Å². The number of hydrogen-bond acceptors (Lipinski definition) is 2. The van der Waals surface area contributed by atoms with Crippen molar-refractivity contribution in [1.82, 2.24) is 0 Å². The molecule has 0 heterocycles. The molecule has 1 aromatic rings. The quantitative estimate of drug-likeness (QED) is 0.564. The molecule has 0 saturated carbocycles. The summed E-state index contributed by atoms with van der Waals surface area (Å²) in [7, 11) is 0. The van der Waals surface area contributed by atoms with Crippen LogP contribution >= 0.6 is 11.6 Å². The van der Waals surface area contributed by atoms with Gasteiger partial charge in [-0.25, -0.2) is 0 Å². The second-order valence-electron chi connectivity index (χ2n) is 4.74. The maximum Gasteiger partial charge on any atom is 0.184 e. The molecule has 0 aliphatic rings. The number of rotatable bonds is 6. The summed E-state index contributed by atoms with van der Waals surface area (Å²) in [5.41, 5.74) is 1.72. The second kappa shape index (κ2) is 6.79. The van der Waals surface area contributed by atoms with E-state index < -0.39 is 5.38 Å². The van der Waals surface area contributed by atoms with Crippen LogP contribution in [0.25, 0.3) is 0 Å². The smallest absolute Gasteiger partial charge is 0.184 e. The lowest BCUT2D eigenvalue weighted by molar-refractivity contribution is 0.0987. The Morgan fingerprint density at radius 1 is 1.33 bits per heavy atom. The van der Waals surface area contributed by atoms with Gasteiger partial charge in [-0.05, 0) is 37.0 Å². The highest BCUT2D eigenvalue weighted by atomic mass is 35.5. The van der Waals surface area contributed by atoms with E-state index in [4.69, 9.17) is 16.3 Å². The average Bonchev–Trinajstić information content (AvgIpc) is 2.34. The van der Waals surface area contributed by atoms with Gasteiger partial charge in [0.05, 0.1) is 17.5 Å². The zero-order valence-electron chi connectivity index (χ0n) is 11.5. The number of ketones is 1. The Kier molecular flexibility index (Phi) is 5.67. The number of hydrogen-bond donors (Lipinski definition) is 0. The minimum atomic E-state index is -0.531. The monoisotopic (exact) mass is 268 g/mol. The normalized spacial score (nSPS) is 12.6. The molecule has 2 nitrogen and oxygen atoms in total. The average molecular weight is 269 g/mol. The first-order valence-electron chi connectivity index (χ1n) is 6.42. The third-order valence-electron chi connectivity index (χ3n) is 2.76. The van der Waals surface area contributed by atoms with Crippen molar-refractivity contribution >= 4 is 17.4 Å². The zero-order valence-corrected chi connectivity index (χ0v) is 12.3. The van der Waals surface area contributed by atoms with Crippen molar-refractivity contribution in [2.24, 2.45) is 0 Å². The summed E-state index contributed by atoms with van der Waals surface area (Å²) in [4.78, 5) is 12.1. The van der Waals surface area contributed by atoms with Gasteiger partial charge in [0.1, 0.15) is 5.75 Å². The number of alkyl halides is 1. The highest BCUT2D eigenvalue weighted by Gasteiger charge is 2.18. The number of carbonyl (C=O) groups is 1. The molecule has 0 bridgehead atoms. The lowest BCUT2D eigenvalue weighted by Crippen LogP contribution is -2.13. The zero-order chi connectivity index (χ0) is 13.7. The summed E-state index contributed by atoms with van der Waals surface area (Å²) in [6.07, 6.45) is 0.913. The van der Waals surface area contributed by atoms with Crippen LogP contribution in [-0.2, 0) is 0 Å². The van der Waals surface area contributed by atoms with E-state index in [9.17, 15) is 4.79 Å². The summed E-state index contributed by atoms with van der Waals surface area (Å²) >= 11 is 5.90. The van der Waals surface area contributed by atoms with Crippen LogP contribution < -0.4 is 4.74 Å². The van der Waals surface area contributed by atoms with Gasteiger partial charge < -0.3 is 4.74 Å². The highest BCUT2D eigenvalue weighted by Crippen LogP contribution is 2.26. The van der Waals surface area contributed by atoms with Gasteiger partial charge in [0.2, 0.25) is 0 Å². The van der Waals surface area contributed by atoms with E-state index in [-0.39, 0.29) is 5.78 Å². The Morgan fingerprint density at radius 2 is 2.00 bits per heavy atom. The van der Waals surface area contributed by atoms with Gasteiger partial charge in [0, 0.05) is 0 Å². The summed E-state index contributed by atoms with van der Waals surface area (Å²) < 4.78 is 5.61. The molecule has 0 amide bonds. The maximum absolute atomic E-state index is 12.1. The van der Waals surface area contributed by atoms with Gasteiger partial charge in [-0.2, -0.15) is 0 Å². The fourth-order valence-corrected chi connectivity index (χ4v) is 1.77. The first-order chi connectivity index (χ1) is 8.47. The van der Waals surface area contributed by atoms with Crippen molar-refractivity contribution in [3.63, 3.8) is 0 Å². The standard InChI is InChI=1S/C15H21ClO2/c1-5-8-18-14-7-6-12(10(2)3)9-13(14)15(17)11(4)16/h6-7,9-11H,5,8H2,1-4H3. The molecule has 18 heavy (non-hydrogen) atoms. The fourth-order valence-electron chi connectivity index (χ4n) is 1.65. The molecule has 0 N–H and O–H groups in total. The topological polar surface area (TPSA) is 26.3 Å². The Balaban J connectivity index is 3.13. The molecule has 1 atom stereocenters.